The second-order valence-corrected chi connectivity index (χ2v) is 4.00. The molecule has 0 atom stereocenters. The first kappa shape index (κ1) is 12.8. The van der Waals surface area contributed by atoms with E-state index < -0.39 is 0 Å². The van der Waals surface area contributed by atoms with Gasteiger partial charge in [0.1, 0.15) is 0 Å². The number of carbonyl (C=O) groups is 1. The highest BCUT2D eigenvalue weighted by Crippen LogP contribution is 2.19. The number of hydrogen-bond donors (Lipinski definition) is 1. The van der Waals surface area contributed by atoms with E-state index in [1.54, 1.807) is 25.4 Å². The second-order valence-electron chi connectivity index (χ2n) is 4.00. The molecular formula is C14H14N4O. The molecule has 19 heavy (non-hydrogen) atoms. The molecule has 1 N–H and O–H groups in total. The lowest BCUT2D eigenvalue weighted by atomic mass is 10.2. The molecule has 1 amide bonds. The number of nitrogens with zero attached hydrogens (tertiary/aromatic N) is 3. The van der Waals surface area contributed by atoms with Gasteiger partial charge >= 0.3 is 0 Å². The highest BCUT2D eigenvalue weighted by Gasteiger charge is 2.09. The molecule has 0 fully saturated rings. The first-order valence-corrected chi connectivity index (χ1v) is 5.97. The molecule has 0 aliphatic heterocycles. The summed E-state index contributed by atoms with van der Waals surface area (Å²) in [6.07, 6.45) is 3.96. The molecule has 2 rings (SSSR count). The lowest BCUT2D eigenvalue weighted by Crippen LogP contribution is -2.17. The van der Waals surface area contributed by atoms with Crippen LogP contribution < -0.4 is 5.32 Å². The Morgan fingerprint density at radius 1 is 1.53 bits per heavy atom. The van der Waals surface area contributed by atoms with Gasteiger partial charge in [-0.1, -0.05) is 0 Å². The summed E-state index contributed by atoms with van der Waals surface area (Å²) >= 11 is 0. The van der Waals surface area contributed by atoms with E-state index in [4.69, 9.17) is 5.26 Å². The van der Waals surface area contributed by atoms with Crippen LogP contribution in [-0.2, 0) is 6.54 Å². The fourth-order valence-corrected chi connectivity index (χ4v) is 1.87. The topological polar surface area (TPSA) is 70.7 Å². The summed E-state index contributed by atoms with van der Waals surface area (Å²) in [5.74, 6) is -0.140. The van der Waals surface area contributed by atoms with Gasteiger partial charge in [-0.25, -0.2) is 0 Å². The van der Waals surface area contributed by atoms with Crippen LogP contribution in [0.1, 0.15) is 16.8 Å². The molecule has 2 aromatic rings. The summed E-state index contributed by atoms with van der Waals surface area (Å²) in [7, 11) is 1.60. The van der Waals surface area contributed by atoms with Crippen LogP contribution in [0.5, 0.6) is 0 Å². The fourth-order valence-electron chi connectivity index (χ4n) is 1.87. The monoisotopic (exact) mass is 254 g/mol. The zero-order valence-electron chi connectivity index (χ0n) is 10.6. The Kier molecular flexibility index (Phi) is 3.94. The molecule has 0 spiro atoms. The van der Waals surface area contributed by atoms with Gasteiger partial charge in [0.15, 0.2) is 0 Å². The van der Waals surface area contributed by atoms with Gasteiger partial charge in [0.25, 0.3) is 5.91 Å². The molecular weight excluding hydrogens is 240 g/mol. The summed E-state index contributed by atoms with van der Waals surface area (Å²) in [6.45, 7) is 0.616. The van der Waals surface area contributed by atoms with Crippen LogP contribution in [0, 0.1) is 11.3 Å². The molecule has 0 aliphatic rings. The van der Waals surface area contributed by atoms with Crippen LogP contribution in [0.3, 0.4) is 0 Å². The third kappa shape index (κ3) is 2.80. The van der Waals surface area contributed by atoms with Crippen molar-refractivity contribution < 1.29 is 4.79 Å². The summed E-state index contributed by atoms with van der Waals surface area (Å²) in [5.41, 5.74) is 2.20. The lowest BCUT2D eigenvalue weighted by Gasteiger charge is -2.07. The van der Waals surface area contributed by atoms with Crippen LogP contribution >= 0.6 is 0 Å². The highest BCUT2D eigenvalue weighted by molar-refractivity contribution is 5.94. The fraction of sp³-hybridized carbons (Fsp3) is 0.214. The predicted octanol–water partition coefficient (Wildman–Crippen LogP) is 1.82. The third-order valence-corrected chi connectivity index (χ3v) is 2.81. The highest BCUT2D eigenvalue weighted by atomic mass is 16.1. The number of carbonyl (C=O) groups excluding carboxylic acids is 1. The Labute approximate surface area is 111 Å². The maximum atomic E-state index is 11.6. The largest absolute Gasteiger partial charge is 0.355 e. The minimum Gasteiger partial charge on any atom is -0.355 e. The average molecular weight is 254 g/mol. The molecule has 2 heterocycles. The quantitative estimate of drug-likeness (QED) is 0.904. The Bertz CT molecular complexity index is 624. The van der Waals surface area contributed by atoms with Crippen molar-refractivity contribution in [1.29, 1.82) is 5.26 Å². The second kappa shape index (κ2) is 5.83. The first-order chi connectivity index (χ1) is 9.26. The van der Waals surface area contributed by atoms with Crippen molar-refractivity contribution in [2.45, 2.75) is 13.0 Å². The molecule has 2 aromatic heterocycles. The van der Waals surface area contributed by atoms with Gasteiger partial charge in [-0.3, -0.25) is 9.78 Å². The van der Waals surface area contributed by atoms with Gasteiger partial charge < -0.3 is 9.88 Å². The molecule has 5 heteroatoms. The van der Waals surface area contributed by atoms with Crippen LogP contribution in [-0.4, -0.2) is 22.5 Å². The molecule has 0 saturated carbocycles. The van der Waals surface area contributed by atoms with E-state index in [0.717, 1.165) is 11.4 Å². The van der Waals surface area contributed by atoms with Crippen LogP contribution in [0.25, 0.3) is 11.4 Å². The normalized spacial score (nSPS) is 9.89. The van der Waals surface area contributed by atoms with Crippen molar-refractivity contribution in [1.82, 2.24) is 14.9 Å². The Morgan fingerprint density at radius 2 is 2.37 bits per heavy atom. The minimum absolute atomic E-state index is 0.140. The van der Waals surface area contributed by atoms with Gasteiger partial charge in [0.05, 0.1) is 23.9 Å². The zero-order chi connectivity index (χ0) is 13.7. The standard InChI is InChI=1S/C14H14N4O/c1-16-14(19)11-5-7-17-12(10-11)13-4-2-8-18(13)9-3-6-15/h2,4-5,7-8,10H,3,9H2,1H3,(H,16,19). The number of hydrogen-bond acceptors (Lipinski definition) is 3. The molecule has 5 nitrogen and oxygen atoms in total. The van der Waals surface area contributed by atoms with Crippen molar-refractivity contribution in [2.75, 3.05) is 7.05 Å². The molecule has 0 radical (unpaired) electrons. The van der Waals surface area contributed by atoms with Gasteiger partial charge in [-0.05, 0) is 24.3 Å². The van der Waals surface area contributed by atoms with Crippen LogP contribution in [0.4, 0.5) is 0 Å². The SMILES string of the molecule is CNC(=O)c1ccnc(-c2cccn2CCC#N)c1. The summed E-state index contributed by atoms with van der Waals surface area (Å²) in [6, 6.07) is 9.36. The molecule has 96 valence electrons. The van der Waals surface area contributed by atoms with Crippen molar-refractivity contribution >= 4 is 5.91 Å². The zero-order valence-corrected chi connectivity index (χ0v) is 10.6. The number of nitriles is 1. The number of nitrogens with one attached hydrogen (secondary N) is 1. The first-order valence-electron chi connectivity index (χ1n) is 5.97. The number of aromatic nitrogens is 2. The number of rotatable bonds is 4. The number of pyridine rings is 1. The van der Waals surface area contributed by atoms with E-state index in [1.165, 1.54) is 0 Å². The molecule has 0 aliphatic carbocycles. The van der Waals surface area contributed by atoms with Crippen molar-refractivity contribution in [3.63, 3.8) is 0 Å². The van der Waals surface area contributed by atoms with E-state index in [0.29, 0.717) is 18.5 Å². The summed E-state index contributed by atoms with van der Waals surface area (Å²) in [5, 5.41) is 11.2. The van der Waals surface area contributed by atoms with Gasteiger partial charge in [0.2, 0.25) is 0 Å². The maximum absolute atomic E-state index is 11.6. The van der Waals surface area contributed by atoms with Gasteiger partial charge in [0, 0.05) is 31.5 Å². The number of aryl methyl sites for hydroxylation is 1. The van der Waals surface area contributed by atoms with E-state index >= 15 is 0 Å². The predicted molar refractivity (Wildman–Crippen MR) is 71.3 cm³/mol. The molecule has 0 bridgehead atoms. The van der Waals surface area contributed by atoms with Crippen LogP contribution in [0.15, 0.2) is 36.7 Å². The van der Waals surface area contributed by atoms with E-state index in [-0.39, 0.29) is 5.91 Å². The summed E-state index contributed by atoms with van der Waals surface area (Å²) in [4.78, 5) is 15.9. The Hall–Kier alpha value is -2.61. The molecule has 0 saturated heterocycles. The Balaban J connectivity index is 2.34. The molecule has 0 unspecified atom stereocenters. The molecule has 0 aromatic carbocycles. The third-order valence-electron chi connectivity index (χ3n) is 2.81. The van der Waals surface area contributed by atoms with Crippen LogP contribution in [0.2, 0.25) is 0 Å². The van der Waals surface area contributed by atoms with Gasteiger partial charge in [-0.15, -0.1) is 0 Å². The maximum Gasteiger partial charge on any atom is 0.251 e. The number of amides is 1. The average Bonchev–Trinajstić information content (AvgIpc) is 2.92. The Morgan fingerprint density at radius 3 is 3.11 bits per heavy atom. The van der Waals surface area contributed by atoms with E-state index in [1.807, 2.05) is 22.9 Å². The smallest absolute Gasteiger partial charge is 0.251 e. The summed E-state index contributed by atoms with van der Waals surface area (Å²) < 4.78 is 1.96. The van der Waals surface area contributed by atoms with Crippen molar-refractivity contribution in [3.05, 3.63) is 42.2 Å². The van der Waals surface area contributed by atoms with Gasteiger partial charge in [-0.2, -0.15) is 5.26 Å². The van der Waals surface area contributed by atoms with E-state index in [2.05, 4.69) is 16.4 Å². The lowest BCUT2D eigenvalue weighted by molar-refractivity contribution is 0.0963. The van der Waals surface area contributed by atoms with Crippen molar-refractivity contribution in [2.24, 2.45) is 0 Å². The van der Waals surface area contributed by atoms with Crippen molar-refractivity contribution in [3.8, 4) is 17.5 Å². The minimum atomic E-state index is -0.140. The van der Waals surface area contributed by atoms with E-state index in [9.17, 15) is 4.79 Å².